The standard InChI is InChI=1S/C18H32N2O/c1-4-5-6-7-8-9-10-11-12-13-14-18(21)17-15-19-20(3)16(17)2/h15H,4-14H2,1-3H3. The van der Waals surface area contributed by atoms with Gasteiger partial charge >= 0.3 is 0 Å². The molecule has 21 heavy (non-hydrogen) atoms. The number of rotatable bonds is 12. The first-order valence-electron chi connectivity index (χ1n) is 8.68. The topological polar surface area (TPSA) is 34.9 Å². The summed E-state index contributed by atoms with van der Waals surface area (Å²) in [5, 5.41) is 4.13. The van der Waals surface area contributed by atoms with Gasteiger partial charge in [0.25, 0.3) is 0 Å². The lowest BCUT2D eigenvalue weighted by atomic mass is 10.0. The molecule has 0 saturated carbocycles. The largest absolute Gasteiger partial charge is 0.294 e. The normalized spacial score (nSPS) is 11.0. The van der Waals surface area contributed by atoms with Crippen LogP contribution in [0.25, 0.3) is 0 Å². The van der Waals surface area contributed by atoms with E-state index in [0.717, 1.165) is 17.7 Å². The van der Waals surface area contributed by atoms with Crippen LogP contribution in [-0.4, -0.2) is 15.6 Å². The van der Waals surface area contributed by atoms with Crippen molar-refractivity contribution in [3.05, 3.63) is 17.5 Å². The molecule has 0 bridgehead atoms. The van der Waals surface area contributed by atoms with Crippen LogP contribution < -0.4 is 0 Å². The second kappa shape index (κ2) is 10.6. The molecule has 0 aliphatic carbocycles. The highest BCUT2D eigenvalue weighted by atomic mass is 16.1. The Hall–Kier alpha value is -1.12. The number of unbranched alkanes of at least 4 members (excludes halogenated alkanes) is 9. The maximum atomic E-state index is 12.1. The average Bonchev–Trinajstić information content (AvgIpc) is 2.81. The molecular formula is C18H32N2O. The quantitative estimate of drug-likeness (QED) is 0.391. The number of nitrogens with zero attached hydrogens (tertiary/aromatic N) is 2. The van der Waals surface area contributed by atoms with Crippen LogP contribution in [0, 0.1) is 6.92 Å². The summed E-state index contributed by atoms with van der Waals surface area (Å²) >= 11 is 0. The summed E-state index contributed by atoms with van der Waals surface area (Å²) in [5.74, 6) is 0.250. The molecule has 1 aromatic heterocycles. The highest BCUT2D eigenvalue weighted by Crippen LogP contribution is 2.14. The van der Waals surface area contributed by atoms with E-state index in [1.165, 1.54) is 57.8 Å². The predicted octanol–water partition coefficient (Wildman–Crippen LogP) is 5.22. The summed E-state index contributed by atoms with van der Waals surface area (Å²) in [7, 11) is 1.88. The number of carbonyl (C=O) groups is 1. The Morgan fingerprint density at radius 1 is 1.00 bits per heavy atom. The molecule has 0 aliphatic rings. The van der Waals surface area contributed by atoms with E-state index >= 15 is 0 Å². The Labute approximate surface area is 130 Å². The van der Waals surface area contributed by atoms with Crippen LogP contribution in [0.1, 0.15) is 93.6 Å². The second-order valence-electron chi connectivity index (χ2n) is 6.12. The van der Waals surface area contributed by atoms with E-state index in [4.69, 9.17) is 0 Å². The molecule has 0 saturated heterocycles. The Bertz CT molecular complexity index is 409. The zero-order valence-corrected chi connectivity index (χ0v) is 14.2. The molecule has 0 N–H and O–H groups in total. The van der Waals surface area contributed by atoms with Gasteiger partial charge in [-0.15, -0.1) is 0 Å². The Morgan fingerprint density at radius 2 is 1.52 bits per heavy atom. The van der Waals surface area contributed by atoms with E-state index in [0.29, 0.717) is 6.42 Å². The van der Waals surface area contributed by atoms with Crippen molar-refractivity contribution in [2.75, 3.05) is 0 Å². The smallest absolute Gasteiger partial charge is 0.166 e. The monoisotopic (exact) mass is 292 g/mol. The number of ketones is 1. The van der Waals surface area contributed by atoms with Gasteiger partial charge < -0.3 is 0 Å². The van der Waals surface area contributed by atoms with Crippen LogP contribution in [0.4, 0.5) is 0 Å². The van der Waals surface area contributed by atoms with Gasteiger partial charge in [0.05, 0.1) is 11.8 Å². The van der Waals surface area contributed by atoms with E-state index < -0.39 is 0 Å². The van der Waals surface area contributed by atoms with Crippen LogP contribution in [0.15, 0.2) is 6.20 Å². The number of Topliss-reactive ketones (excluding diaryl/α,β-unsaturated/α-hetero) is 1. The Balaban J connectivity index is 1.99. The van der Waals surface area contributed by atoms with Gasteiger partial charge in [-0.3, -0.25) is 9.48 Å². The highest BCUT2D eigenvalue weighted by molar-refractivity contribution is 5.96. The SMILES string of the molecule is CCCCCCCCCCCCC(=O)c1cnn(C)c1C. The minimum absolute atomic E-state index is 0.250. The lowest BCUT2D eigenvalue weighted by molar-refractivity contribution is 0.0978. The van der Waals surface area contributed by atoms with Gasteiger partial charge in [-0.05, 0) is 13.3 Å². The third-order valence-electron chi connectivity index (χ3n) is 4.29. The van der Waals surface area contributed by atoms with Gasteiger partial charge in [-0.1, -0.05) is 64.7 Å². The first-order valence-corrected chi connectivity index (χ1v) is 8.68. The molecule has 0 spiro atoms. The summed E-state index contributed by atoms with van der Waals surface area (Å²) in [6.45, 7) is 4.22. The molecule has 0 unspecified atom stereocenters. The fraction of sp³-hybridized carbons (Fsp3) is 0.778. The molecule has 0 radical (unpaired) electrons. The molecule has 0 aromatic carbocycles. The molecule has 0 fully saturated rings. The summed E-state index contributed by atoms with van der Waals surface area (Å²) in [6.07, 6.45) is 15.4. The van der Waals surface area contributed by atoms with Gasteiger partial charge in [0.15, 0.2) is 5.78 Å². The third kappa shape index (κ3) is 6.92. The van der Waals surface area contributed by atoms with Gasteiger partial charge in [-0.2, -0.15) is 5.10 Å². The van der Waals surface area contributed by atoms with E-state index in [9.17, 15) is 4.79 Å². The third-order valence-corrected chi connectivity index (χ3v) is 4.29. The zero-order valence-electron chi connectivity index (χ0n) is 14.2. The fourth-order valence-electron chi connectivity index (χ4n) is 2.68. The van der Waals surface area contributed by atoms with Crippen LogP contribution >= 0.6 is 0 Å². The summed E-state index contributed by atoms with van der Waals surface area (Å²) in [6, 6.07) is 0. The van der Waals surface area contributed by atoms with Crippen molar-refractivity contribution in [3.8, 4) is 0 Å². The maximum absolute atomic E-state index is 12.1. The summed E-state index contributed by atoms with van der Waals surface area (Å²) in [5.41, 5.74) is 1.78. The van der Waals surface area contributed by atoms with Crippen LogP contribution in [0.3, 0.4) is 0 Å². The molecule has 1 heterocycles. The number of carbonyl (C=O) groups excluding carboxylic acids is 1. The van der Waals surface area contributed by atoms with Crippen LogP contribution in [0.5, 0.6) is 0 Å². The molecule has 0 atom stereocenters. The number of aryl methyl sites for hydroxylation is 1. The fourth-order valence-corrected chi connectivity index (χ4v) is 2.68. The molecular weight excluding hydrogens is 260 g/mol. The number of hydrogen-bond acceptors (Lipinski definition) is 2. The lowest BCUT2D eigenvalue weighted by Gasteiger charge is -2.03. The van der Waals surface area contributed by atoms with Gasteiger partial charge in [0.2, 0.25) is 0 Å². The molecule has 0 amide bonds. The van der Waals surface area contributed by atoms with Crippen molar-refractivity contribution in [2.45, 2.75) is 84.5 Å². The maximum Gasteiger partial charge on any atom is 0.166 e. The lowest BCUT2D eigenvalue weighted by Crippen LogP contribution is -2.01. The predicted molar refractivity (Wildman–Crippen MR) is 88.7 cm³/mol. The van der Waals surface area contributed by atoms with Gasteiger partial charge in [-0.25, -0.2) is 0 Å². The van der Waals surface area contributed by atoms with Crippen molar-refractivity contribution in [1.82, 2.24) is 9.78 Å². The highest BCUT2D eigenvalue weighted by Gasteiger charge is 2.11. The van der Waals surface area contributed by atoms with Crippen molar-refractivity contribution in [1.29, 1.82) is 0 Å². The minimum Gasteiger partial charge on any atom is -0.294 e. The van der Waals surface area contributed by atoms with E-state index in [-0.39, 0.29) is 5.78 Å². The first-order chi connectivity index (χ1) is 10.2. The van der Waals surface area contributed by atoms with Crippen molar-refractivity contribution in [3.63, 3.8) is 0 Å². The van der Waals surface area contributed by atoms with Gasteiger partial charge in [0, 0.05) is 19.2 Å². The average molecular weight is 292 g/mol. The van der Waals surface area contributed by atoms with Crippen LogP contribution in [0.2, 0.25) is 0 Å². The van der Waals surface area contributed by atoms with Crippen molar-refractivity contribution < 1.29 is 4.79 Å². The Kier molecular flexibility index (Phi) is 9.04. The molecule has 3 heteroatoms. The second-order valence-corrected chi connectivity index (χ2v) is 6.12. The number of aromatic nitrogens is 2. The van der Waals surface area contributed by atoms with E-state index in [1.54, 1.807) is 10.9 Å². The molecule has 3 nitrogen and oxygen atoms in total. The van der Waals surface area contributed by atoms with Crippen molar-refractivity contribution >= 4 is 5.78 Å². The molecule has 120 valence electrons. The molecule has 0 aliphatic heterocycles. The van der Waals surface area contributed by atoms with E-state index in [2.05, 4.69) is 12.0 Å². The molecule has 1 aromatic rings. The van der Waals surface area contributed by atoms with Crippen molar-refractivity contribution in [2.24, 2.45) is 7.05 Å². The summed E-state index contributed by atoms with van der Waals surface area (Å²) < 4.78 is 1.77. The summed E-state index contributed by atoms with van der Waals surface area (Å²) in [4.78, 5) is 12.1. The zero-order chi connectivity index (χ0) is 15.5. The van der Waals surface area contributed by atoms with Crippen LogP contribution in [-0.2, 0) is 7.05 Å². The minimum atomic E-state index is 0.250. The number of hydrogen-bond donors (Lipinski definition) is 0. The first kappa shape index (κ1) is 17.9. The molecule has 1 rings (SSSR count). The van der Waals surface area contributed by atoms with Gasteiger partial charge in [0.1, 0.15) is 0 Å². The Morgan fingerprint density at radius 3 is 2.00 bits per heavy atom. The van der Waals surface area contributed by atoms with E-state index in [1.807, 2.05) is 14.0 Å².